The molecule has 0 radical (unpaired) electrons. The van der Waals surface area contributed by atoms with Crippen molar-refractivity contribution in [2.75, 3.05) is 0 Å². The monoisotopic (exact) mass is 206 g/mol. The molecule has 0 aliphatic heterocycles. The van der Waals surface area contributed by atoms with E-state index < -0.39 is 11.0 Å². The van der Waals surface area contributed by atoms with Crippen LogP contribution in [-0.2, 0) is 4.79 Å². The minimum atomic E-state index is -1.33. The average molecular weight is 206 g/mol. The van der Waals surface area contributed by atoms with Crippen LogP contribution in [0.15, 0.2) is 24.3 Å². The number of nitro benzene ring substituents is 1. The average Bonchev–Trinajstić information content (AvgIpc) is 2.26. The Morgan fingerprint density at radius 3 is 2.73 bits per heavy atom. The zero-order chi connectivity index (χ0) is 11.3. The molecular weight excluding hydrogens is 200 g/mol. The van der Waals surface area contributed by atoms with Gasteiger partial charge in [0.15, 0.2) is 12.0 Å². The summed E-state index contributed by atoms with van der Waals surface area (Å²) in [5.41, 5.74) is -0.278. The van der Waals surface area contributed by atoms with Gasteiger partial charge in [0.05, 0.1) is 4.92 Å². The maximum atomic E-state index is 10.5. The van der Waals surface area contributed by atoms with Gasteiger partial charge in [-0.15, -0.1) is 0 Å². The number of hydrogen-bond donors (Lipinski definition) is 0. The smallest absolute Gasteiger partial charge is 0.310 e. The Kier molecular flexibility index (Phi) is 3.35. The second-order valence-electron chi connectivity index (χ2n) is 2.53. The molecule has 1 aromatic rings. The number of nitriles is 1. The van der Waals surface area contributed by atoms with E-state index in [4.69, 9.17) is 10.00 Å². The normalized spacial score (nSPS) is 11.1. The van der Waals surface area contributed by atoms with Gasteiger partial charge < -0.3 is 4.74 Å². The molecule has 15 heavy (non-hydrogen) atoms. The summed E-state index contributed by atoms with van der Waals surface area (Å²) in [7, 11) is 0. The number of ether oxygens (including phenoxy) is 1. The van der Waals surface area contributed by atoms with E-state index in [-0.39, 0.29) is 17.7 Å². The Morgan fingerprint density at radius 2 is 2.20 bits per heavy atom. The molecule has 6 nitrogen and oxygen atoms in total. The van der Waals surface area contributed by atoms with Crippen molar-refractivity contribution in [3.05, 3.63) is 34.4 Å². The van der Waals surface area contributed by atoms with E-state index in [1.807, 2.05) is 0 Å². The van der Waals surface area contributed by atoms with Crippen molar-refractivity contribution in [2.24, 2.45) is 0 Å². The lowest BCUT2D eigenvalue weighted by molar-refractivity contribution is -0.385. The number of hydrogen-bond acceptors (Lipinski definition) is 5. The fourth-order valence-electron chi connectivity index (χ4n) is 0.929. The van der Waals surface area contributed by atoms with Crippen molar-refractivity contribution in [2.45, 2.75) is 6.10 Å². The molecule has 0 aromatic heterocycles. The molecule has 1 aromatic carbocycles. The summed E-state index contributed by atoms with van der Waals surface area (Å²) in [6, 6.07) is 7.09. The number of rotatable bonds is 4. The Labute approximate surface area is 84.8 Å². The molecule has 0 amide bonds. The molecule has 0 saturated heterocycles. The molecule has 1 unspecified atom stereocenters. The first kappa shape index (κ1) is 10.7. The van der Waals surface area contributed by atoms with Gasteiger partial charge in [0.1, 0.15) is 6.07 Å². The van der Waals surface area contributed by atoms with E-state index in [0.717, 1.165) is 0 Å². The summed E-state index contributed by atoms with van der Waals surface area (Å²) < 4.78 is 4.83. The second kappa shape index (κ2) is 4.72. The first-order chi connectivity index (χ1) is 7.19. The summed E-state index contributed by atoms with van der Waals surface area (Å²) in [4.78, 5) is 20.2. The molecule has 0 spiro atoms. The number of nitrogens with zero attached hydrogens (tertiary/aromatic N) is 2. The molecule has 1 rings (SSSR count). The van der Waals surface area contributed by atoms with E-state index >= 15 is 0 Å². The van der Waals surface area contributed by atoms with Crippen molar-refractivity contribution in [3.8, 4) is 11.8 Å². The Bertz CT molecular complexity index is 424. The highest BCUT2D eigenvalue weighted by atomic mass is 16.6. The molecule has 1 atom stereocenters. The molecule has 0 bridgehead atoms. The van der Waals surface area contributed by atoms with E-state index in [1.54, 1.807) is 6.07 Å². The highest BCUT2D eigenvalue weighted by Crippen LogP contribution is 2.26. The highest BCUT2D eigenvalue weighted by molar-refractivity contribution is 5.62. The van der Waals surface area contributed by atoms with Gasteiger partial charge in [-0.1, -0.05) is 12.1 Å². The van der Waals surface area contributed by atoms with Crippen LogP contribution in [0.4, 0.5) is 5.69 Å². The Hall–Kier alpha value is -2.42. The topological polar surface area (TPSA) is 93.2 Å². The molecule has 6 heteroatoms. The highest BCUT2D eigenvalue weighted by Gasteiger charge is 2.17. The van der Waals surface area contributed by atoms with Crippen molar-refractivity contribution >= 4 is 12.0 Å². The third kappa shape index (κ3) is 2.51. The number of aldehydes is 1. The molecule has 0 saturated carbocycles. The third-order valence-electron chi connectivity index (χ3n) is 1.57. The number of nitro groups is 1. The fourth-order valence-corrected chi connectivity index (χ4v) is 0.929. The minimum Gasteiger partial charge on any atom is -0.461 e. The predicted octanol–water partition coefficient (Wildman–Crippen LogP) is 1.06. The van der Waals surface area contributed by atoms with E-state index in [9.17, 15) is 14.9 Å². The summed E-state index contributed by atoms with van der Waals surface area (Å²) in [5, 5.41) is 19.0. The van der Waals surface area contributed by atoms with Crippen LogP contribution in [0.5, 0.6) is 5.75 Å². The van der Waals surface area contributed by atoms with E-state index in [0.29, 0.717) is 0 Å². The molecule has 0 aliphatic carbocycles. The van der Waals surface area contributed by atoms with Crippen molar-refractivity contribution in [1.82, 2.24) is 0 Å². The van der Waals surface area contributed by atoms with Gasteiger partial charge in [-0.05, 0) is 6.07 Å². The largest absolute Gasteiger partial charge is 0.461 e. The number of benzene rings is 1. The van der Waals surface area contributed by atoms with Crippen LogP contribution in [0.25, 0.3) is 0 Å². The lowest BCUT2D eigenvalue weighted by Crippen LogP contribution is -2.15. The lowest BCUT2D eigenvalue weighted by atomic mass is 10.3. The Morgan fingerprint density at radius 1 is 1.53 bits per heavy atom. The first-order valence-corrected chi connectivity index (χ1v) is 3.94. The van der Waals surface area contributed by atoms with Crippen LogP contribution >= 0.6 is 0 Å². The summed E-state index contributed by atoms with van der Waals surface area (Å²) >= 11 is 0. The first-order valence-electron chi connectivity index (χ1n) is 3.94. The van der Waals surface area contributed by atoms with Gasteiger partial charge >= 0.3 is 5.69 Å². The standard InChI is InChI=1S/C9H6N2O4/c10-5-7(6-12)15-9-4-2-1-3-8(9)11(13)14/h1-4,6-7H. The van der Waals surface area contributed by atoms with Crippen molar-refractivity contribution in [3.63, 3.8) is 0 Å². The van der Waals surface area contributed by atoms with Crippen LogP contribution in [0.2, 0.25) is 0 Å². The zero-order valence-electron chi connectivity index (χ0n) is 7.49. The predicted molar refractivity (Wildman–Crippen MR) is 49.2 cm³/mol. The van der Waals surface area contributed by atoms with Crippen LogP contribution < -0.4 is 4.74 Å². The van der Waals surface area contributed by atoms with Crippen LogP contribution in [0.3, 0.4) is 0 Å². The maximum absolute atomic E-state index is 10.5. The number of carbonyl (C=O) groups is 1. The van der Waals surface area contributed by atoms with Gasteiger partial charge in [0, 0.05) is 6.07 Å². The summed E-state index contributed by atoms with van der Waals surface area (Å²) in [6.45, 7) is 0. The fraction of sp³-hybridized carbons (Fsp3) is 0.111. The molecule has 0 heterocycles. The number of para-hydroxylation sites is 2. The third-order valence-corrected chi connectivity index (χ3v) is 1.57. The maximum Gasteiger partial charge on any atom is 0.310 e. The number of carbonyl (C=O) groups excluding carboxylic acids is 1. The molecule has 0 aliphatic rings. The van der Waals surface area contributed by atoms with Crippen LogP contribution in [0, 0.1) is 21.4 Å². The molecule has 76 valence electrons. The molecule has 0 N–H and O–H groups in total. The quantitative estimate of drug-likeness (QED) is 0.417. The van der Waals surface area contributed by atoms with Gasteiger partial charge in [-0.3, -0.25) is 14.9 Å². The Balaban J connectivity index is 2.99. The summed E-state index contributed by atoms with van der Waals surface area (Å²) in [5.74, 6) is -0.0962. The second-order valence-corrected chi connectivity index (χ2v) is 2.53. The van der Waals surface area contributed by atoms with E-state index in [2.05, 4.69) is 0 Å². The van der Waals surface area contributed by atoms with Gasteiger partial charge in [-0.2, -0.15) is 5.26 Å². The molecular formula is C9H6N2O4. The zero-order valence-corrected chi connectivity index (χ0v) is 7.49. The van der Waals surface area contributed by atoms with Gasteiger partial charge in [0.25, 0.3) is 0 Å². The summed E-state index contributed by atoms with van der Waals surface area (Å²) in [6.07, 6.45) is -1.05. The van der Waals surface area contributed by atoms with Crippen molar-refractivity contribution in [1.29, 1.82) is 5.26 Å². The SMILES string of the molecule is N#CC(C=O)Oc1ccccc1[N+](=O)[O-]. The minimum absolute atomic E-state index is 0.0962. The molecule has 0 fully saturated rings. The van der Waals surface area contributed by atoms with Crippen LogP contribution in [-0.4, -0.2) is 17.3 Å². The van der Waals surface area contributed by atoms with Gasteiger partial charge in [0.2, 0.25) is 6.10 Å². The van der Waals surface area contributed by atoms with Gasteiger partial charge in [-0.25, -0.2) is 0 Å². The van der Waals surface area contributed by atoms with E-state index in [1.165, 1.54) is 24.3 Å². The van der Waals surface area contributed by atoms with Crippen molar-refractivity contribution < 1.29 is 14.5 Å². The lowest BCUT2D eigenvalue weighted by Gasteiger charge is -2.05. The van der Waals surface area contributed by atoms with Crippen LogP contribution in [0.1, 0.15) is 0 Å².